The second kappa shape index (κ2) is 7.43. The number of hydrogen-bond acceptors (Lipinski definition) is 4. The molecule has 0 aromatic heterocycles. The smallest absolute Gasteiger partial charge is 0.251 e. The Kier molecular flexibility index (Phi) is 5.46. The molecule has 2 aliphatic rings. The van der Waals surface area contributed by atoms with Crippen molar-refractivity contribution in [2.75, 3.05) is 6.54 Å². The van der Waals surface area contributed by atoms with Gasteiger partial charge in [0.2, 0.25) is 10.0 Å². The van der Waals surface area contributed by atoms with Crippen LogP contribution in [0.4, 0.5) is 0 Å². The number of amides is 1. The third kappa shape index (κ3) is 4.59. The summed E-state index contributed by atoms with van der Waals surface area (Å²) in [7, 11) is -3.52. The van der Waals surface area contributed by atoms with Gasteiger partial charge >= 0.3 is 0 Å². The maximum atomic E-state index is 12.4. The van der Waals surface area contributed by atoms with Crippen LogP contribution in [-0.2, 0) is 10.0 Å². The van der Waals surface area contributed by atoms with E-state index in [0.717, 1.165) is 12.8 Å². The molecule has 1 aromatic rings. The van der Waals surface area contributed by atoms with Gasteiger partial charge < -0.3 is 10.6 Å². The fraction of sp³-hybridized carbons (Fsp3) is 0.611. The predicted molar refractivity (Wildman–Crippen MR) is 96.9 cm³/mol. The highest BCUT2D eigenvalue weighted by Crippen LogP contribution is 2.27. The number of sulfonamides is 1. The minimum Gasteiger partial charge on any atom is -0.349 e. The molecule has 3 N–H and O–H groups in total. The molecule has 0 radical (unpaired) electrons. The van der Waals surface area contributed by atoms with Crippen LogP contribution in [-0.4, -0.2) is 39.0 Å². The molecule has 0 spiro atoms. The van der Waals surface area contributed by atoms with Crippen LogP contribution in [0.2, 0.25) is 0 Å². The number of rotatable bonds is 6. The number of benzene rings is 1. The molecule has 138 valence electrons. The molecule has 3 rings (SSSR count). The van der Waals surface area contributed by atoms with Crippen molar-refractivity contribution in [1.29, 1.82) is 0 Å². The minimum absolute atomic E-state index is 0.134. The maximum Gasteiger partial charge on any atom is 0.251 e. The van der Waals surface area contributed by atoms with E-state index in [9.17, 15) is 13.2 Å². The van der Waals surface area contributed by atoms with Gasteiger partial charge in [-0.15, -0.1) is 0 Å². The third-order valence-electron chi connectivity index (χ3n) is 4.92. The van der Waals surface area contributed by atoms with Gasteiger partial charge in [0.05, 0.1) is 4.90 Å². The van der Waals surface area contributed by atoms with Crippen molar-refractivity contribution in [3.8, 4) is 0 Å². The lowest BCUT2D eigenvalue weighted by atomic mass is 9.99. The predicted octanol–water partition coefficient (Wildman–Crippen LogP) is 1.63. The van der Waals surface area contributed by atoms with Crippen LogP contribution >= 0.6 is 0 Å². The van der Waals surface area contributed by atoms with E-state index in [4.69, 9.17) is 0 Å². The number of nitrogens with one attached hydrogen (secondary N) is 3. The zero-order chi connectivity index (χ0) is 18.0. The first-order chi connectivity index (χ1) is 11.8. The van der Waals surface area contributed by atoms with E-state index in [2.05, 4.69) is 15.4 Å². The fourth-order valence-corrected chi connectivity index (χ4v) is 4.80. The summed E-state index contributed by atoms with van der Waals surface area (Å²) in [5.41, 5.74) is 0.494. The van der Waals surface area contributed by atoms with Gasteiger partial charge in [0.15, 0.2) is 0 Å². The summed E-state index contributed by atoms with van der Waals surface area (Å²) in [5, 5.41) is 6.64. The highest BCUT2D eigenvalue weighted by molar-refractivity contribution is 7.89. The molecule has 1 aromatic carbocycles. The summed E-state index contributed by atoms with van der Waals surface area (Å²) in [6.07, 6.45) is 4.31. The molecule has 1 amide bonds. The molecule has 0 saturated carbocycles. The van der Waals surface area contributed by atoms with E-state index in [0.29, 0.717) is 24.2 Å². The summed E-state index contributed by atoms with van der Waals surface area (Å²) in [4.78, 5) is 12.6. The summed E-state index contributed by atoms with van der Waals surface area (Å²) in [6.45, 7) is 4.29. The van der Waals surface area contributed by atoms with Crippen LogP contribution < -0.4 is 15.4 Å². The Balaban J connectivity index is 1.60. The maximum absolute atomic E-state index is 12.4. The topological polar surface area (TPSA) is 87.3 Å². The standard InChI is InChI=1S/C18H27N3O3S/c1-12(2)11-19-25(23,24)17-7-3-13(4-8-17)18(22)21-16-9-14-5-6-15(10-16)20-14/h3-4,7-8,12,14-16,19-20H,5-6,9-11H2,1-2H3,(H,21,22). The van der Waals surface area contributed by atoms with Gasteiger partial charge in [-0.1, -0.05) is 13.8 Å². The third-order valence-corrected chi connectivity index (χ3v) is 6.36. The minimum atomic E-state index is -3.52. The van der Waals surface area contributed by atoms with Crippen molar-refractivity contribution in [3.05, 3.63) is 29.8 Å². The van der Waals surface area contributed by atoms with Crippen molar-refractivity contribution in [2.24, 2.45) is 5.92 Å². The van der Waals surface area contributed by atoms with E-state index in [-0.39, 0.29) is 22.8 Å². The molecule has 0 aliphatic carbocycles. The molecular weight excluding hydrogens is 338 g/mol. The van der Waals surface area contributed by atoms with Gasteiger partial charge in [0.1, 0.15) is 0 Å². The zero-order valence-corrected chi connectivity index (χ0v) is 15.6. The van der Waals surface area contributed by atoms with Crippen LogP contribution in [0.15, 0.2) is 29.2 Å². The largest absolute Gasteiger partial charge is 0.349 e. The number of fused-ring (bicyclic) bond motifs is 2. The van der Waals surface area contributed by atoms with E-state index in [1.165, 1.54) is 25.0 Å². The van der Waals surface area contributed by atoms with E-state index in [1.807, 2.05) is 13.8 Å². The Bertz CT molecular complexity index is 704. The summed E-state index contributed by atoms with van der Waals surface area (Å²) in [6, 6.07) is 7.37. The van der Waals surface area contributed by atoms with Gasteiger partial charge in [0.25, 0.3) is 5.91 Å². The Labute approximate surface area is 149 Å². The highest BCUT2D eigenvalue weighted by atomic mass is 32.2. The molecule has 2 fully saturated rings. The van der Waals surface area contributed by atoms with Gasteiger partial charge in [-0.2, -0.15) is 0 Å². The van der Waals surface area contributed by atoms with E-state index >= 15 is 0 Å². The summed E-state index contributed by atoms with van der Waals surface area (Å²) >= 11 is 0. The van der Waals surface area contributed by atoms with Crippen LogP contribution in [0.25, 0.3) is 0 Å². The van der Waals surface area contributed by atoms with Crippen molar-refractivity contribution in [2.45, 2.75) is 62.6 Å². The van der Waals surface area contributed by atoms with Crippen molar-refractivity contribution in [1.82, 2.24) is 15.4 Å². The highest BCUT2D eigenvalue weighted by Gasteiger charge is 2.34. The number of carbonyl (C=O) groups excluding carboxylic acids is 1. The molecule has 6 nitrogen and oxygen atoms in total. The van der Waals surface area contributed by atoms with Crippen molar-refractivity contribution < 1.29 is 13.2 Å². The van der Waals surface area contributed by atoms with Crippen LogP contribution in [0.1, 0.15) is 49.9 Å². The van der Waals surface area contributed by atoms with Crippen molar-refractivity contribution in [3.63, 3.8) is 0 Å². The van der Waals surface area contributed by atoms with Crippen LogP contribution in [0, 0.1) is 5.92 Å². The number of hydrogen-bond donors (Lipinski definition) is 3. The lowest BCUT2D eigenvalue weighted by Gasteiger charge is -2.29. The first kappa shape index (κ1) is 18.4. The second-order valence-electron chi connectivity index (χ2n) is 7.55. The molecule has 2 unspecified atom stereocenters. The fourth-order valence-electron chi connectivity index (χ4n) is 3.59. The van der Waals surface area contributed by atoms with E-state index < -0.39 is 10.0 Å². The number of piperidine rings is 1. The monoisotopic (exact) mass is 365 g/mol. The SMILES string of the molecule is CC(C)CNS(=O)(=O)c1ccc(C(=O)NC2CC3CCC(C2)N3)cc1. The lowest BCUT2D eigenvalue weighted by molar-refractivity contribution is 0.0924. The van der Waals surface area contributed by atoms with Crippen molar-refractivity contribution >= 4 is 15.9 Å². The lowest BCUT2D eigenvalue weighted by Crippen LogP contribution is -2.48. The average molecular weight is 365 g/mol. The van der Waals surface area contributed by atoms with Crippen LogP contribution in [0.3, 0.4) is 0 Å². The van der Waals surface area contributed by atoms with E-state index in [1.54, 1.807) is 12.1 Å². The Morgan fingerprint density at radius 1 is 1.16 bits per heavy atom. The number of carbonyl (C=O) groups is 1. The average Bonchev–Trinajstić information content (AvgIpc) is 2.92. The Morgan fingerprint density at radius 2 is 1.76 bits per heavy atom. The Morgan fingerprint density at radius 3 is 2.32 bits per heavy atom. The first-order valence-corrected chi connectivity index (χ1v) is 10.5. The molecule has 2 saturated heterocycles. The molecule has 2 heterocycles. The van der Waals surface area contributed by atoms with Gasteiger partial charge in [-0.3, -0.25) is 4.79 Å². The molecular formula is C18H27N3O3S. The first-order valence-electron chi connectivity index (χ1n) is 9.00. The molecule has 2 bridgehead atoms. The molecule has 7 heteroatoms. The summed E-state index contributed by atoms with van der Waals surface area (Å²) in [5.74, 6) is 0.102. The quantitative estimate of drug-likeness (QED) is 0.715. The van der Waals surface area contributed by atoms with Crippen LogP contribution in [0.5, 0.6) is 0 Å². The second-order valence-corrected chi connectivity index (χ2v) is 9.32. The molecule has 2 aliphatic heterocycles. The van der Waals surface area contributed by atoms with Gasteiger partial charge in [-0.25, -0.2) is 13.1 Å². The Hall–Kier alpha value is -1.44. The molecule has 25 heavy (non-hydrogen) atoms. The summed E-state index contributed by atoms with van der Waals surface area (Å²) < 4.78 is 27.0. The zero-order valence-electron chi connectivity index (χ0n) is 14.8. The van der Waals surface area contributed by atoms with Gasteiger partial charge in [-0.05, 0) is 55.9 Å². The normalized spacial score (nSPS) is 26.0. The van der Waals surface area contributed by atoms with Gasteiger partial charge in [0, 0.05) is 30.2 Å². The molecule has 2 atom stereocenters.